The van der Waals surface area contributed by atoms with Crippen LogP contribution in [0.2, 0.25) is 0 Å². The van der Waals surface area contributed by atoms with Crippen molar-refractivity contribution in [1.29, 1.82) is 5.26 Å². The van der Waals surface area contributed by atoms with Crippen LogP contribution in [0.25, 0.3) is 0 Å². The summed E-state index contributed by atoms with van der Waals surface area (Å²) in [5.74, 6) is 1.43. The van der Waals surface area contributed by atoms with Crippen LogP contribution >= 0.6 is 0 Å². The zero-order valence-corrected chi connectivity index (χ0v) is 14.3. The molecule has 0 saturated carbocycles. The van der Waals surface area contributed by atoms with Gasteiger partial charge in [-0.05, 0) is 29.8 Å². The van der Waals surface area contributed by atoms with Crippen LogP contribution in [-0.4, -0.2) is 49.8 Å². The molecule has 1 N–H and O–H groups in total. The fourth-order valence-electron chi connectivity index (χ4n) is 2.89. The topological polar surface area (TPSA) is 70.4 Å². The highest BCUT2D eigenvalue weighted by Gasteiger charge is 2.20. The third-order valence-electron chi connectivity index (χ3n) is 4.30. The van der Waals surface area contributed by atoms with E-state index in [0.29, 0.717) is 11.4 Å². The number of nitriles is 1. The van der Waals surface area contributed by atoms with Gasteiger partial charge in [0.1, 0.15) is 17.6 Å². The molecule has 25 heavy (non-hydrogen) atoms. The van der Waals surface area contributed by atoms with Crippen molar-refractivity contribution in [2.75, 3.05) is 45.3 Å². The highest BCUT2D eigenvalue weighted by Crippen LogP contribution is 2.24. The second-order valence-electron chi connectivity index (χ2n) is 5.89. The Hall–Kier alpha value is -2.62. The average molecular weight is 338 g/mol. The van der Waals surface area contributed by atoms with E-state index in [4.69, 9.17) is 9.47 Å². The van der Waals surface area contributed by atoms with E-state index in [9.17, 15) is 5.26 Å². The van der Waals surface area contributed by atoms with E-state index in [0.717, 1.165) is 44.2 Å². The molecule has 130 valence electrons. The number of aromatic nitrogens is 1. The van der Waals surface area contributed by atoms with Gasteiger partial charge in [-0.3, -0.25) is 4.90 Å². The first-order valence-electron chi connectivity index (χ1n) is 8.36. The average Bonchev–Trinajstić information content (AvgIpc) is 2.69. The second-order valence-corrected chi connectivity index (χ2v) is 5.89. The van der Waals surface area contributed by atoms with Gasteiger partial charge in [-0.1, -0.05) is 12.1 Å². The SMILES string of the molecule is COc1ccc([C@@H](CN2CCOCC2)Nc2ncccc2C#N)cc1. The molecule has 0 unspecified atom stereocenters. The largest absolute Gasteiger partial charge is 0.497 e. The van der Waals surface area contributed by atoms with Crippen LogP contribution in [0.4, 0.5) is 5.82 Å². The molecule has 0 amide bonds. The molecule has 0 aliphatic carbocycles. The summed E-state index contributed by atoms with van der Waals surface area (Å²) in [6.45, 7) is 4.13. The molecule has 1 aliphatic heterocycles. The molecular weight excluding hydrogens is 316 g/mol. The summed E-state index contributed by atoms with van der Waals surface area (Å²) in [5.41, 5.74) is 1.67. The third-order valence-corrected chi connectivity index (χ3v) is 4.30. The highest BCUT2D eigenvalue weighted by molar-refractivity contribution is 5.52. The minimum atomic E-state index is 0.0195. The van der Waals surface area contributed by atoms with Crippen LogP contribution in [0.3, 0.4) is 0 Å². The van der Waals surface area contributed by atoms with Crippen molar-refractivity contribution < 1.29 is 9.47 Å². The Balaban J connectivity index is 1.83. The summed E-state index contributed by atoms with van der Waals surface area (Å²) < 4.78 is 10.7. The van der Waals surface area contributed by atoms with Crippen LogP contribution in [0.5, 0.6) is 5.75 Å². The molecule has 1 aromatic carbocycles. The molecule has 1 aliphatic rings. The number of nitrogens with zero attached hydrogens (tertiary/aromatic N) is 3. The van der Waals surface area contributed by atoms with E-state index in [1.807, 2.05) is 24.3 Å². The highest BCUT2D eigenvalue weighted by atomic mass is 16.5. The number of ether oxygens (including phenoxy) is 2. The first-order chi connectivity index (χ1) is 12.3. The normalized spacial score (nSPS) is 16.0. The smallest absolute Gasteiger partial charge is 0.144 e. The maximum absolute atomic E-state index is 9.32. The van der Waals surface area contributed by atoms with Crippen molar-refractivity contribution >= 4 is 5.82 Å². The number of nitrogens with one attached hydrogen (secondary N) is 1. The Morgan fingerprint density at radius 1 is 1.28 bits per heavy atom. The number of hydrogen-bond donors (Lipinski definition) is 1. The lowest BCUT2D eigenvalue weighted by atomic mass is 10.1. The molecule has 6 heteroatoms. The van der Waals surface area contributed by atoms with Gasteiger partial charge >= 0.3 is 0 Å². The third kappa shape index (κ3) is 4.47. The molecule has 1 fully saturated rings. The summed E-state index contributed by atoms with van der Waals surface area (Å²) in [4.78, 5) is 6.70. The summed E-state index contributed by atoms with van der Waals surface area (Å²) >= 11 is 0. The predicted octanol–water partition coefficient (Wildman–Crippen LogP) is 2.45. The maximum atomic E-state index is 9.32. The lowest BCUT2D eigenvalue weighted by Crippen LogP contribution is -2.40. The van der Waals surface area contributed by atoms with Gasteiger partial charge in [-0.2, -0.15) is 5.26 Å². The van der Waals surface area contributed by atoms with Crippen LogP contribution < -0.4 is 10.1 Å². The Bertz CT molecular complexity index is 721. The summed E-state index contributed by atoms with van der Waals surface area (Å²) in [7, 11) is 1.66. The molecule has 1 aromatic heterocycles. The number of pyridine rings is 1. The molecule has 2 heterocycles. The van der Waals surface area contributed by atoms with Crippen molar-refractivity contribution in [3.05, 3.63) is 53.7 Å². The Morgan fingerprint density at radius 2 is 2.04 bits per heavy atom. The Labute approximate surface area is 148 Å². The van der Waals surface area contributed by atoms with Gasteiger partial charge in [0.25, 0.3) is 0 Å². The maximum Gasteiger partial charge on any atom is 0.144 e. The summed E-state index contributed by atoms with van der Waals surface area (Å²) in [6.07, 6.45) is 1.70. The molecule has 1 saturated heterocycles. The molecule has 0 radical (unpaired) electrons. The Kier molecular flexibility index (Phi) is 5.83. The van der Waals surface area contributed by atoms with Gasteiger partial charge in [0.15, 0.2) is 0 Å². The van der Waals surface area contributed by atoms with Crippen molar-refractivity contribution in [3.8, 4) is 11.8 Å². The number of anilines is 1. The van der Waals surface area contributed by atoms with Crippen molar-refractivity contribution in [2.45, 2.75) is 6.04 Å². The minimum absolute atomic E-state index is 0.0195. The predicted molar refractivity (Wildman–Crippen MR) is 95.6 cm³/mol. The monoisotopic (exact) mass is 338 g/mol. The molecule has 0 bridgehead atoms. The summed E-state index contributed by atoms with van der Waals surface area (Å²) in [6, 6.07) is 13.8. The molecule has 1 atom stereocenters. The summed E-state index contributed by atoms with van der Waals surface area (Å²) in [5, 5.41) is 12.8. The second kappa shape index (κ2) is 8.47. The van der Waals surface area contributed by atoms with E-state index in [1.165, 1.54) is 0 Å². The fraction of sp³-hybridized carbons (Fsp3) is 0.368. The lowest BCUT2D eigenvalue weighted by Gasteiger charge is -2.31. The Morgan fingerprint density at radius 3 is 2.72 bits per heavy atom. The van der Waals surface area contributed by atoms with Crippen molar-refractivity contribution in [1.82, 2.24) is 9.88 Å². The first-order valence-corrected chi connectivity index (χ1v) is 8.36. The zero-order chi connectivity index (χ0) is 17.5. The number of hydrogen-bond acceptors (Lipinski definition) is 6. The van der Waals surface area contributed by atoms with Crippen LogP contribution in [0, 0.1) is 11.3 Å². The van der Waals surface area contributed by atoms with Gasteiger partial charge in [0.05, 0.1) is 31.9 Å². The number of rotatable bonds is 6. The van der Waals surface area contributed by atoms with Crippen LogP contribution in [0.15, 0.2) is 42.6 Å². The van der Waals surface area contributed by atoms with Gasteiger partial charge < -0.3 is 14.8 Å². The van der Waals surface area contributed by atoms with Crippen molar-refractivity contribution in [2.24, 2.45) is 0 Å². The first kappa shape index (κ1) is 17.2. The van der Waals surface area contributed by atoms with E-state index in [2.05, 4.69) is 21.3 Å². The molecule has 0 spiro atoms. The van der Waals surface area contributed by atoms with Crippen LogP contribution in [0.1, 0.15) is 17.2 Å². The standard InChI is InChI=1S/C19H22N4O2/c1-24-17-6-4-15(5-7-17)18(14-23-9-11-25-12-10-23)22-19-16(13-20)3-2-8-21-19/h2-8,18H,9-12,14H2,1H3,(H,21,22)/t18-/m1/s1. The van der Waals surface area contributed by atoms with E-state index in [-0.39, 0.29) is 6.04 Å². The molecular formula is C19H22N4O2. The molecule has 2 aromatic rings. The van der Waals surface area contributed by atoms with Crippen molar-refractivity contribution in [3.63, 3.8) is 0 Å². The fourth-order valence-corrected chi connectivity index (χ4v) is 2.89. The zero-order valence-electron chi connectivity index (χ0n) is 14.3. The van der Waals surface area contributed by atoms with Gasteiger partial charge in [-0.15, -0.1) is 0 Å². The van der Waals surface area contributed by atoms with E-state index in [1.54, 1.807) is 25.4 Å². The van der Waals surface area contributed by atoms with Crippen LogP contribution in [-0.2, 0) is 4.74 Å². The molecule has 3 rings (SSSR count). The van der Waals surface area contributed by atoms with Gasteiger partial charge in [0, 0.05) is 25.8 Å². The van der Waals surface area contributed by atoms with Gasteiger partial charge in [-0.25, -0.2) is 4.98 Å². The minimum Gasteiger partial charge on any atom is -0.497 e. The number of methoxy groups -OCH3 is 1. The molecule has 6 nitrogen and oxygen atoms in total. The lowest BCUT2D eigenvalue weighted by molar-refractivity contribution is 0.0360. The quantitative estimate of drug-likeness (QED) is 0.872. The number of benzene rings is 1. The van der Waals surface area contributed by atoms with E-state index < -0.39 is 0 Å². The van der Waals surface area contributed by atoms with E-state index >= 15 is 0 Å². The number of morpholine rings is 1. The van der Waals surface area contributed by atoms with Gasteiger partial charge in [0.2, 0.25) is 0 Å².